The van der Waals surface area contributed by atoms with Crippen LogP contribution in [0.3, 0.4) is 0 Å². The first kappa shape index (κ1) is 22.3. The van der Waals surface area contributed by atoms with E-state index in [0.717, 1.165) is 16.8 Å². The van der Waals surface area contributed by atoms with E-state index in [0.29, 0.717) is 18.0 Å². The smallest absolute Gasteiger partial charge is 0.276 e. The standard InChI is InChI=1S/C25H29N3O3S/c1-16(2)19-7-9-21(10-8-19)26-25(29)23-14-24(20-6-5-17(3)18(4)13-20)28(27-23)22-11-12-32(30,31)15-22/h5-10,13-14,16,22H,11-12,15H2,1-4H3,(H,26,29)/t22-/m1/s1. The number of hydrogen-bond acceptors (Lipinski definition) is 4. The van der Waals surface area contributed by atoms with E-state index in [4.69, 9.17) is 0 Å². The second kappa shape index (κ2) is 8.54. The molecule has 4 rings (SSSR count). The molecule has 0 saturated carbocycles. The summed E-state index contributed by atoms with van der Waals surface area (Å²) in [6, 6.07) is 15.3. The van der Waals surface area contributed by atoms with Crippen molar-refractivity contribution in [2.24, 2.45) is 0 Å². The van der Waals surface area contributed by atoms with E-state index >= 15 is 0 Å². The van der Waals surface area contributed by atoms with Crippen molar-refractivity contribution in [3.05, 3.63) is 70.9 Å². The summed E-state index contributed by atoms with van der Waals surface area (Å²) in [4.78, 5) is 13.0. The Kier molecular flexibility index (Phi) is 5.95. The number of sulfone groups is 1. The zero-order chi connectivity index (χ0) is 23.0. The van der Waals surface area contributed by atoms with E-state index in [1.807, 2.05) is 50.2 Å². The van der Waals surface area contributed by atoms with Crippen LogP contribution in [0.5, 0.6) is 0 Å². The third-order valence-electron chi connectivity index (χ3n) is 6.16. The van der Waals surface area contributed by atoms with E-state index in [2.05, 4.69) is 30.3 Å². The number of carbonyl (C=O) groups excluding carboxylic acids is 1. The first-order chi connectivity index (χ1) is 15.1. The van der Waals surface area contributed by atoms with Crippen molar-refractivity contribution in [2.45, 2.75) is 46.1 Å². The zero-order valence-electron chi connectivity index (χ0n) is 18.9. The number of hydrogen-bond donors (Lipinski definition) is 1. The van der Waals surface area contributed by atoms with Gasteiger partial charge >= 0.3 is 0 Å². The van der Waals surface area contributed by atoms with Crippen LogP contribution in [0.4, 0.5) is 5.69 Å². The lowest BCUT2D eigenvalue weighted by Gasteiger charge is -2.14. The SMILES string of the molecule is Cc1ccc(-c2cc(C(=O)Nc3ccc(C(C)C)cc3)nn2[C@@H]2CCS(=O)(=O)C2)cc1C. The van der Waals surface area contributed by atoms with Crippen LogP contribution in [0.2, 0.25) is 0 Å². The molecule has 1 atom stereocenters. The number of nitrogens with zero attached hydrogens (tertiary/aromatic N) is 2. The minimum Gasteiger partial charge on any atom is -0.321 e. The van der Waals surface area contributed by atoms with Gasteiger partial charge in [0.25, 0.3) is 5.91 Å². The minimum absolute atomic E-state index is 0.0459. The summed E-state index contributed by atoms with van der Waals surface area (Å²) in [7, 11) is -3.09. The quantitative estimate of drug-likeness (QED) is 0.598. The monoisotopic (exact) mass is 451 g/mol. The fourth-order valence-electron chi connectivity index (χ4n) is 4.01. The number of carbonyl (C=O) groups is 1. The molecule has 1 aromatic heterocycles. The van der Waals surface area contributed by atoms with Crippen LogP contribution < -0.4 is 5.32 Å². The maximum Gasteiger partial charge on any atom is 0.276 e. The summed E-state index contributed by atoms with van der Waals surface area (Å²) < 4.78 is 25.9. The predicted molar refractivity (Wildman–Crippen MR) is 128 cm³/mol. The highest BCUT2D eigenvalue weighted by Gasteiger charge is 2.32. The first-order valence-electron chi connectivity index (χ1n) is 10.9. The van der Waals surface area contributed by atoms with Crippen molar-refractivity contribution in [1.29, 1.82) is 0 Å². The number of aryl methyl sites for hydroxylation is 2. The number of nitrogens with one attached hydrogen (secondary N) is 1. The molecular formula is C25H29N3O3S. The Hall–Kier alpha value is -2.93. The van der Waals surface area contributed by atoms with Gasteiger partial charge in [-0.1, -0.05) is 38.1 Å². The molecule has 1 fully saturated rings. The number of benzene rings is 2. The Labute approximate surface area is 189 Å². The fraction of sp³-hybridized carbons (Fsp3) is 0.360. The van der Waals surface area contributed by atoms with E-state index in [1.165, 1.54) is 11.1 Å². The second-order valence-corrected chi connectivity index (χ2v) is 11.2. The van der Waals surface area contributed by atoms with Gasteiger partial charge in [0.15, 0.2) is 15.5 Å². The van der Waals surface area contributed by atoms with Crippen LogP contribution in [0.15, 0.2) is 48.5 Å². The molecule has 0 unspecified atom stereocenters. The topological polar surface area (TPSA) is 81.1 Å². The van der Waals surface area contributed by atoms with Gasteiger partial charge in [0.1, 0.15) is 0 Å². The lowest BCUT2D eigenvalue weighted by Crippen LogP contribution is -2.16. The predicted octanol–water partition coefficient (Wildman–Crippen LogP) is 4.90. The van der Waals surface area contributed by atoms with E-state index in [9.17, 15) is 13.2 Å². The van der Waals surface area contributed by atoms with Crippen molar-refractivity contribution in [3.8, 4) is 11.3 Å². The molecule has 3 aromatic rings. The third-order valence-corrected chi connectivity index (χ3v) is 7.91. The van der Waals surface area contributed by atoms with Gasteiger partial charge in [0, 0.05) is 11.3 Å². The molecule has 1 aliphatic rings. The van der Waals surface area contributed by atoms with E-state index in [-0.39, 0.29) is 29.1 Å². The molecule has 1 aliphatic heterocycles. The van der Waals surface area contributed by atoms with Crippen LogP contribution in [-0.4, -0.2) is 35.6 Å². The Morgan fingerprint density at radius 3 is 2.38 bits per heavy atom. The highest BCUT2D eigenvalue weighted by Crippen LogP contribution is 2.31. The summed E-state index contributed by atoms with van der Waals surface area (Å²) in [5.74, 6) is 0.295. The maximum atomic E-state index is 13.0. The van der Waals surface area contributed by atoms with Crippen LogP contribution >= 0.6 is 0 Å². The first-order valence-corrected chi connectivity index (χ1v) is 12.7. The molecule has 2 aromatic carbocycles. The van der Waals surface area contributed by atoms with Gasteiger partial charge < -0.3 is 5.32 Å². The number of rotatable bonds is 5. The molecule has 0 spiro atoms. The van der Waals surface area contributed by atoms with E-state index in [1.54, 1.807) is 10.7 Å². The molecule has 1 N–H and O–H groups in total. The Bertz CT molecular complexity index is 1260. The fourth-order valence-corrected chi connectivity index (χ4v) is 5.71. The number of aromatic nitrogens is 2. The highest BCUT2D eigenvalue weighted by atomic mass is 32.2. The summed E-state index contributed by atoms with van der Waals surface area (Å²) >= 11 is 0. The molecule has 0 radical (unpaired) electrons. The molecule has 7 heteroatoms. The Morgan fingerprint density at radius 1 is 1.06 bits per heavy atom. The van der Waals surface area contributed by atoms with Crippen molar-refractivity contribution < 1.29 is 13.2 Å². The third kappa shape index (κ3) is 4.63. The summed E-state index contributed by atoms with van der Waals surface area (Å²) in [5.41, 5.74) is 6.16. The van der Waals surface area contributed by atoms with Gasteiger partial charge in [-0.25, -0.2) is 8.42 Å². The second-order valence-electron chi connectivity index (χ2n) is 8.95. The van der Waals surface area contributed by atoms with Crippen molar-refractivity contribution in [1.82, 2.24) is 9.78 Å². The summed E-state index contributed by atoms with van der Waals surface area (Å²) in [5, 5.41) is 7.48. The van der Waals surface area contributed by atoms with Gasteiger partial charge in [0.2, 0.25) is 0 Å². The Morgan fingerprint density at radius 2 is 1.78 bits per heavy atom. The van der Waals surface area contributed by atoms with Crippen molar-refractivity contribution in [2.75, 3.05) is 16.8 Å². The van der Waals surface area contributed by atoms with Crippen LogP contribution in [-0.2, 0) is 9.84 Å². The zero-order valence-corrected chi connectivity index (χ0v) is 19.7. The van der Waals surface area contributed by atoms with Crippen LogP contribution in [0.25, 0.3) is 11.3 Å². The van der Waals surface area contributed by atoms with Gasteiger partial charge in [-0.15, -0.1) is 0 Å². The largest absolute Gasteiger partial charge is 0.321 e. The lowest BCUT2D eigenvalue weighted by atomic mass is 10.0. The molecule has 6 nitrogen and oxygen atoms in total. The highest BCUT2D eigenvalue weighted by molar-refractivity contribution is 7.91. The average molecular weight is 452 g/mol. The summed E-state index contributed by atoms with van der Waals surface area (Å²) in [6.07, 6.45) is 0.500. The molecule has 32 heavy (non-hydrogen) atoms. The van der Waals surface area contributed by atoms with Gasteiger partial charge in [-0.2, -0.15) is 5.10 Å². The molecule has 0 aliphatic carbocycles. The van der Waals surface area contributed by atoms with Gasteiger partial charge in [0.05, 0.1) is 23.2 Å². The van der Waals surface area contributed by atoms with Crippen molar-refractivity contribution >= 4 is 21.4 Å². The maximum absolute atomic E-state index is 13.0. The lowest BCUT2D eigenvalue weighted by molar-refractivity contribution is 0.102. The molecule has 1 amide bonds. The van der Waals surface area contributed by atoms with Crippen LogP contribution in [0.1, 0.15) is 59.4 Å². The van der Waals surface area contributed by atoms with Gasteiger partial charge in [-0.05, 0) is 67.1 Å². The summed E-state index contributed by atoms with van der Waals surface area (Å²) in [6.45, 7) is 8.33. The van der Waals surface area contributed by atoms with Crippen molar-refractivity contribution in [3.63, 3.8) is 0 Å². The number of anilines is 1. The van der Waals surface area contributed by atoms with E-state index < -0.39 is 9.84 Å². The molecule has 0 bridgehead atoms. The minimum atomic E-state index is -3.09. The average Bonchev–Trinajstić information content (AvgIpc) is 3.34. The molecule has 1 saturated heterocycles. The van der Waals surface area contributed by atoms with Gasteiger partial charge in [-0.3, -0.25) is 9.48 Å². The normalized spacial score (nSPS) is 17.6. The van der Waals surface area contributed by atoms with Crippen LogP contribution in [0, 0.1) is 13.8 Å². The Balaban J connectivity index is 1.68. The molecule has 2 heterocycles. The molecule has 168 valence electrons. The molecular weight excluding hydrogens is 422 g/mol. The number of amides is 1.